The van der Waals surface area contributed by atoms with Crippen molar-refractivity contribution < 1.29 is 14.7 Å². The molecular formula is C20H17BrClNO3. The van der Waals surface area contributed by atoms with Crippen molar-refractivity contribution >= 4 is 44.9 Å². The van der Waals surface area contributed by atoms with Gasteiger partial charge in [-0.25, -0.2) is 0 Å². The van der Waals surface area contributed by atoms with Crippen molar-refractivity contribution in [3.63, 3.8) is 0 Å². The van der Waals surface area contributed by atoms with Crippen molar-refractivity contribution in [2.24, 2.45) is 5.92 Å². The van der Waals surface area contributed by atoms with E-state index in [-0.39, 0.29) is 12.3 Å². The van der Waals surface area contributed by atoms with Crippen LogP contribution in [0.4, 0.5) is 5.69 Å². The lowest BCUT2D eigenvalue weighted by molar-refractivity contribution is -0.139. The second-order valence-electron chi connectivity index (χ2n) is 6.23. The quantitative estimate of drug-likeness (QED) is 0.562. The van der Waals surface area contributed by atoms with E-state index in [2.05, 4.69) is 22.5 Å². The van der Waals surface area contributed by atoms with E-state index in [1.54, 1.807) is 55.5 Å². The summed E-state index contributed by atoms with van der Waals surface area (Å²) in [5.74, 6) is -1.83. The van der Waals surface area contributed by atoms with E-state index in [9.17, 15) is 14.7 Å². The SMILES string of the molecule is C=CCN1C(=O)[C@@](O)([C@H](C)C(=O)c2ccc(Cl)cc2)c2cc(Br)ccc21. The lowest BCUT2D eigenvalue weighted by Crippen LogP contribution is -2.47. The third-order valence-electron chi connectivity index (χ3n) is 4.69. The fraction of sp³-hybridized carbons (Fsp3) is 0.200. The summed E-state index contributed by atoms with van der Waals surface area (Å²) in [6.45, 7) is 5.48. The molecule has 2 atom stereocenters. The lowest BCUT2D eigenvalue weighted by atomic mass is 9.79. The van der Waals surface area contributed by atoms with Gasteiger partial charge in [-0.3, -0.25) is 9.59 Å². The Hall–Kier alpha value is -1.95. The van der Waals surface area contributed by atoms with E-state index in [4.69, 9.17) is 11.6 Å². The number of hydrogen-bond donors (Lipinski definition) is 1. The number of amides is 1. The smallest absolute Gasteiger partial charge is 0.264 e. The Bertz CT molecular complexity index is 896. The van der Waals surface area contributed by atoms with Gasteiger partial charge >= 0.3 is 0 Å². The van der Waals surface area contributed by atoms with E-state index in [0.29, 0.717) is 26.3 Å². The van der Waals surface area contributed by atoms with Crippen LogP contribution in [0.15, 0.2) is 59.6 Å². The minimum Gasteiger partial charge on any atom is -0.375 e. The second-order valence-corrected chi connectivity index (χ2v) is 7.58. The highest BCUT2D eigenvalue weighted by Gasteiger charge is 2.55. The zero-order chi connectivity index (χ0) is 19.1. The Labute approximate surface area is 165 Å². The van der Waals surface area contributed by atoms with Gasteiger partial charge in [-0.1, -0.05) is 40.5 Å². The molecule has 2 aromatic rings. The van der Waals surface area contributed by atoms with Crippen LogP contribution in [0.2, 0.25) is 5.02 Å². The predicted octanol–water partition coefficient (Wildman–Crippen LogP) is 4.34. The lowest BCUT2D eigenvalue weighted by Gasteiger charge is -2.28. The van der Waals surface area contributed by atoms with Crippen LogP contribution in [0.1, 0.15) is 22.8 Å². The zero-order valence-electron chi connectivity index (χ0n) is 14.1. The first-order valence-corrected chi connectivity index (χ1v) is 9.22. The van der Waals surface area contributed by atoms with Gasteiger partial charge in [0.25, 0.3) is 5.91 Å². The molecule has 1 heterocycles. The molecule has 0 saturated carbocycles. The van der Waals surface area contributed by atoms with E-state index >= 15 is 0 Å². The van der Waals surface area contributed by atoms with Crippen LogP contribution >= 0.6 is 27.5 Å². The maximum absolute atomic E-state index is 13.1. The van der Waals surface area contributed by atoms with Crippen molar-refractivity contribution in [1.82, 2.24) is 0 Å². The molecule has 6 heteroatoms. The van der Waals surface area contributed by atoms with Gasteiger partial charge in [0.15, 0.2) is 11.4 Å². The third-order valence-corrected chi connectivity index (χ3v) is 5.44. The molecule has 2 aromatic carbocycles. The molecule has 1 N–H and O–H groups in total. The van der Waals surface area contributed by atoms with Crippen LogP contribution in [0.3, 0.4) is 0 Å². The van der Waals surface area contributed by atoms with Gasteiger partial charge in [0.2, 0.25) is 0 Å². The molecular weight excluding hydrogens is 418 g/mol. The normalized spacial score (nSPS) is 20.0. The predicted molar refractivity (Wildman–Crippen MR) is 106 cm³/mol. The largest absolute Gasteiger partial charge is 0.375 e. The molecule has 0 spiro atoms. The van der Waals surface area contributed by atoms with E-state index in [0.717, 1.165) is 0 Å². The summed E-state index contributed by atoms with van der Waals surface area (Å²) in [5.41, 5.74) is -0.564. The molecule has 4 nitrogen and oxygen atoms in total. The fourth-order valence-electron chi connectivity index (χ4n) is 3.26. The Balaban J connectivity index is 2.08. The van der Waals surface area contributed by atoms with Crippen LogP contribution in [0, 0.1) is 5.92 Å². The Morgan fingerprint density at radius 1 is 1.35 bits per heavy atom. The molecule has 1 aliphatic heterocycles. The molecule has 0 unspecified atom stereocenters. The molecule has 134 valence electrons. The number of rotatable bonds is 5. The first kappa shape index (κ1) is 18.8. The monoisotopic (exact) mass is 433 g/mol. The fourth-order valence-corrected chi connectivity index (χ4v) is 3.75. The molecule has 1 aliphatic rings. The summed E-state index contributed by atoms with van der Waals surface area (Å²) in [5, 5.41) is 11.9. The molecule has 1 amide bonds. The summed E-state index contributed by atoms with van der Waals surface area (Å²) in [4.78, 5) is 27.4. The van der Waals surface area contributed by atoms with Crippen molar-refractivity contribution in [2.75, 3.05) is 11.4 Å². The number of aliphatic hydroxyl groups is 1. The van der Waals surface area contributed by atoms with Crippen molar-refractivity contribution in [1.29, 1.82) is 0 Å². The Kier molecular flexibility index (Phi) is 5.06. The van der Waals surface area contributed by atoms with Crippen LogP contribution in [-0.4, -0.2) is 23.3 Å². The van der Waals surface area contributed by atoms with Crippen LogP contribution < -0.4 is 4.90 Å². The minimum atomic E-state index is -1.95. The first-order chi connectivity index (χ1) is 12.3. The van der Waals surface area contributed by atoms with Crippen LogP contribution in [0.25, 0.3) is 0 Å². The molecule has 0 fully saturated rings. The molecule has 3 rings (SSSR count). The molecule has 0 bridgehead atoms. The molecule has 0 aliphatic carbocycles. The third kappa shape index (κ3) is 2.90. The molecule has 26 heavy (non-hydrogen) atoms. The number of fused-ring (bicyclic) bond motifs is 1. The Morgan fingerprint density at radius 2 is 2.00 bits per heavy atom. The van der Waals surface area contributed by atoms with Gasteiger partial charge in [0.05, 0.1) is 11.6 Å². The number of nitrogens with zero attached hydrogens (tertiary/aromatic N) is 1. The summed E-state index contributed by atoms with van der Waals surface area (Å²) in [6, 6.07) is 11.6. The second kappa shape index (κ2) is 6.99. The number of anilines is 1. The van der Waals surface area contributed by atoms with Gasteiger partial charge in [0.1, 0.15) is 0 Å². The maximum atomic E-state index is 13.1. The standard InChI is InChI=1S/C20H17BrClNO3/c1-3-10-23-17-9-6-14(21)11-16(17)20(26,19(23)25)12(2)18(24)13-4-7-15(22)8-5-13/h3-9,11-12,26H,1,10H2,2H3/t12-,20-/m1/s1. The Morgan fingerprint density at radius 3 is 2.62 bits per heavy atom. The van der Waals surface area contributed by atoms with Crippen molar-refractivity contribution in [3.05, 3.63) is 75.7 Å². The number of halogens is 2. The van der Waals surface area contributed by atoms with Crippen LogP contribution in [-0.2, 0) is 10.4 Å². The highest BCUT2D eigenvalue weighted by atomic mass is 79.9. The van der Waals surface area contributed by atoms with E-state index in [1.807, 2.05) is 0 Å². The topological polar surface area (TPSA) is 57.6 Å². The van der Waals surface area contributed by atoms with Crippen molar-refractivity contribution in [3.8, 4) is 0 Å². The minimum absolute atomic E-state index is 0.248. The average molecular weight is 435 g/mol. The molecule has 0 radical (unpaired) electrons. The van der Waals surface area contributed by atoms with Gasteiger partial charge in [0, 0.05) is 27.2 Å². The summed E-state index contributed by atoms with van der Waals surface area (Å²) < 4.78 is 0.717. The maximum Gasteiger partial charge on any atom is 0.264 e. The zero-order valence-corrected chi connectivity index (χ0v) is 16.4. The molecule has 0 aromatic heterocycles. The highest BCUT2D eigenvalue weighted by Crippen LogP contribution is 2.46. The number of carbonyl (C=O) groups is 2. The first-order valence-electron chi connectivity index (χ1n) is 8.05. The molecule has 0 saturated heterocycles. The number of ketones is 1. The highest BCUT2D eigenvalue weighted by molar-refractivity contribution is 9.10. The van der Waals surface area contributed by atoms with Gasteiger partial charge in [-0.05, 0) is 42.5 Å². The van der Waals surface area contributed by atoms with E-state index in [1.165, 1.54) is 4.90 Å². The van der Waals surface area contributed by atoms with Gasteiger partial charge in [-0.15, -0.1) is 6.58 Å². The average Bonchev–Trinajstić information content (AvgIpc) is 2.84. The van der Waals surface area contributed by atoms with E-state index < -0.39 is 17.4 Å². The van der Waals surface area contributed by atoms with Gasteiger partial charge < -0.3 is 10.0 Å². The summed E-state index contributed by atoms with van der Waals surface area (Å²) >= 11 is 9.25. The van der Waals surface area contributed by atoms with Crippen molar-refractivity contribution in [2.45, 2.75) is 12.5 Å². The number of hydrogen-bond acceptors (Lipinski definition) is 3. The number of benzene rings is 2. The summed E-state index contributed by atoms with van der Waals surface area (Å²) in [7, 11) is 0. The van der Waals surface area contributed by atoms with Crippen LogP contribution in [0.5, 0.6) is 0 Å². The summed E-state index contributed by atoms with van der Waals surface area (Å²) in [6.07, 6.45) is 1.58. The number of Topliss-reactive ketones (excluding diaryl/α,β-unsaturated/α-hetero) is 1. The van der Waals surface area contributed by atoms with Gasteiger partial charge in [-0.2, -0.15) is 0 Å². The number of carbonyl (C=O) groups excluding carboxylic acids is 2.